The van der Waals surface area contributed by atoms with E-state index in [9.17, 15) is 0 Å². The van der Waals surface area contributed by atoms with Crippen LogP contribution in [0.2, 0.25) is 0 Å². The van der Waals surface area contributed by atoms with Crippen molar-refractivity contribution in [3.8, 4) is 11.3 Å². The van der Waals surface area contributed by atoms with Gasteiger partial charge in [0.1, 0.15) is 0 Å². The fraction of sp³-hybridized carbons (Fsp3) is 0.0417. The molecule has 0 atom stereocenters. The van der Waals surface area contributed by atoms with Crippen molar-refractivity contribution in [1.29, 1.82) is 0 Å². The van der Waals surface area contributed by atoms with Crippen LogP contribution in [0.5, 0.6) is 0 Å². The molecule has 0 saturated heterocycles. The fourth-order valence-corrected chi connectivity index (χ4v) is 3.02. The van der Waals surface area contributed by atoms with Crippen LogP contribution in [0.4, 0.5) is 17.1 Å². The summed E-state index contributed by atoms with van der Waals surface area (Å²) in [5.41, 5.74) is 6.69. The number of aryl methyl sites for hydroxylation is 1. The Balaban J connectivity index is 1.73. The molecule has 26 heavy (non-hydrogen) atoms. The number of anilines is 3. The molecule has 4 rings (SSSR count). The molecule has 2 nitrogen and oxygen atoms in total. The number of para-hydroxylation sites is 2. The van der Waals surface area contributed by atoms with E-state index in [1.165, 1.54) is 5.56 Å². The van der Waals surface area contributed by atoms with Crippen molar-refractivity contribution < 1.29 is 0 Å². The predicted molar refractivity (Wildman–Crippen MR) is 109 cm³/mol. The summed E-state index contributed by atoms with van der Waals surface area (Å²) in [5, 5.41) is 0. The Morgan fingerprint density at radius 1 is 0.577 bits per heavy atom. The van der Waals surface area contributed by atoms with Crippen LogP contribution in [0.3, 0.4) is 0 Å². The first-order valence-electron chi connectivity index (χ1n) is 8.74. The first-order chi connectivity index (χ1) is 12.8. The molecule has 0 fully saturated rings. The van der Waals surface area contributed by atoms with Crippen LogP contribution in [0.15, 0.2) is 103 Å². The number of benzene rings is 3. The molecule has 0 spiro atoms. The lowest BCUT2D eigenvalue weighted by atomic mass is 10.1. The van der Waals surface area contributed by atoms with Crippen molar-refractivity contribution in [2.75, 3.05) is 4.90 Å². The topological polar surface area (TPSA) is 16.1 Å². The number of rotatable bonds is 4. The van der Waals surface area contributed by atoms with Crippen molar-refractivity contribution in [2.45, 2.75) is 6.92 Å². The van der Waals surface area contributed by atoms with Crippen LogP contribution in [0, 0.1) is 6.92 Å². The Hall–Kier alpha value is -3.39. The quantitative estimate of drug-likeness (QED) is 0.421. The number of hydrogen-bond acceptors (Lipinski definition) is 2. The number of aromatic nitrogens is 1. The van der Waals surface area contributed by atoms with Crippen molar-refractivity contribution in [3.05, 3.63) is 109 Å². The molecule has 0 unspecified atom stereocenters. The average molecular weight is 336 g/mol. The van der Waals surface area contributed by atoms with Crippen LogP contribution in [0.25, 0.3) is 11.3 Å². The van der Waals surface area contributed by atoms with Crippen LogP contribution < -0.4 is 4.90 Å². The van der Waals surface area contributed by atoms with Crippen molar-refractivity contribution in [3.63, 3.8) is 0 Å². The third-order valence-corrected chi connectivity index (χ3v) is 4.36. The highest BCUT2D eigenvalue weighted by molar-refractivity contribution is 5.77. The van der Waals surface area contributed by atoms with E-state index in [-0.39, 0.29) is 0 Å². The molecule has 0 amide bonds. The maximum atomic E-state index is 4.53. The second kappa shape index (κ2) is 7.24. The lowest BCUT2D eigenvalue weighted by Gasteiger charge is -2.25. The van der Waals surface area contributed by atoms with Crippen LogP contribution in [-0.4, -0.2) is 4.98 Å². The highest BCUT2D eigenvalue weighted by atomic mass is 15.1. The maximum absolute atomic E-state index is 4.53. The smallest absolute Gasteiger partial charge is 0.0702 e. The zero-order valence-electron chi connectivity index (χ0n) is 14.7. The standard InChI is InChI=1S/C24H20N2/c1-19-12-17-24(25-18-19)20-13-15-23(16-14-20)26(21-8-4-2-5-9-21)22-10-6-3-7-11-22/h2-18H,1H3. The minimum atomic E-state index is 0.994. The van der Waals surface area contributed by atoms with E-state index in [0.717, 1.165) is 28.3 Å². The molecule has 0 aliphatic heterocycles. The molecule has 0 saturated carbocycles. The summed E-state index contributed by atoms with van der Waals surface area (Å²) in [6, 6.07) is 33.6. The summed E-state index contributed by atoms with van der Waals surface area (Å²) in [6.07, 6.45) is 1.91. The van der Waals surface area contributed by atoms with E-state index in [0.29, 0.717) is 0 Å². The van der Waals surface area contributed by atoms with Crippen LogP contribution in [-0.2, 0) is 0 Å². The third kappa shape index (κ3) is 3.35. The number of pyridine rings is 1. The summed E-state index contributed by atoms with van der Waals surface area (Å²) in [7, 11) is 0. The van der Waals surface area contributed by atoms with Gasteiger partial charge in [0.25, 0.3) is 0 Å². The van der Waals surface area contributed by atoms with Gasteiger partial charge in [0.15, 0.2) is 0 Å². The van der Waals surface area contributed by atoms with Gasteiger partial charge in [-0.1, -0.05) is 54.6 Å². The predicted octanol–water partition coefficient (Wildman–Crippen LogP) is 6.53. The van der Waals surface area contributed by atoms with E-state index >= 15 is 0 Å². The summed E-state index contributed by atoms with van der Waals surface area (Å²) in [5.74, 6) is 0. The van der Waals surface area contributed by atoms with E-state index in [4.69, 9.17) is 0 Å². The largest absolute Gasteiger partial charge is 0.311 e. The third-order valence-electron chi connectivity index (χ3n) is 4.36. The summed E-state index contributed by atoms with van der Waals surface area (Å²) in [6.45, 7) is 2.05. The normalized spacial score (nSPS) is 10.5. The number of hydrogen-bond donors (Lipinski definition) is 0. The van der Waals surface area contributed by atoms with E-state index in [1.807, 2.05) is 18.3 Å². The highest BCUT2D eigenvalue weighted by Gasteiger charge is 2.11. The molecular formula is C24H20N2. The maximum Gasteiger partial charge on any atom is 0.0702 e. The molecule has 0 aliphatic carbocycles. The highest BCUT2D eigenvalue weighted by Crippen LogP contribution is 2.34. The second-order valence-electron chi connectivity index (χ2n) is 6.27. The first-order valence-corrected chi connectivity index (χ1v) is 8.74. The molecule has 1 heterocycles. The molecule has 1 aromatic heterocycles. The molecule has 0 bridgehead atoms. The van der Waals surface area contributed by atoms with Gasteiger partial charge in [-0.3, -0.25) is 4.98 Å². The Morgan fingerprint density at radius 3 is 1.62 bits per heavy atom. The van der Waals surface area contributed by atoms with Gasteiger partial charge in [-0.15, -0.1) is 0 Å². The van der Waals surface area contributed by atoms with Crippen LogP contribution >= 0.6 is 0 Å². The molecule has 4 aromatic rings. The zero-order chi connectivity index (χ0) is 17.8. The SMILES string of the molecule is Cc1ccc(-c2ccc(N(c3ccccc3)c3ccccc3)cc2)nc1. The molecule has 126 valence electrons. The fourth-order valence-electron chi connectivity index (χ4n) is 3.02. The monoisotopic (exact) mass is 336 g/mol. The van der Waals surface area contributed by atoms with Crippen LogP contribution in [0.1, 0.15) is 5.56 Å². The van der Waals surface area contributed by atoms with Crippen molar-refractivity contribution in [2.24, 2.45) is 0 Å². The van der Waals surface area contributed by atoms with Gasteiger partial charge in [0, 0.05) is 28.8 Å². The van der Waals surface area contributed by atoms with E-state index in [1.54, 1.807) is 0 Å². The number of nitrogens with zero attached hydrogens (tertiary/aromatic N) is 2. The minimum Gasteiger partial charge on any atom is -0.311 e. The minimum absolute atomic E-state index is 0.994. The van der Waals surface area contributed by atoms with Gasteiger partial charge in [-0.2, -0.15) is 0 Å². The van der Waals surface area contributed by atoms with Gasteiger partial charge < -0.3 is 4.90 Å². The van der Waals surface area contributed by atoms with Gasteiger partial charge in [0.05, 0.1) is 5.69 Å². The van der Waals surface area contributed by atoms with Crippen molar-refractivity contribution >= 4 is 17.1 Å². The Morgan fingerprint density at radius 2 is 1.12 bits per heavy atom. The van der Waals surface area contributed by atoms with Gasteiger partial charge in [0.2, 0.25) is 0 Å². The van der Waals surface area contributed by atoms with Gasteiger partial charge in [-0.05, 0) is 55.0 Å². The van der Waals surface area contributed by atoms with E-state index < -0.39 is 0 Å². The molecule has 3 aromatic carbocycles. The summed E-state index contributed by atoms with van der Waals surface area (Å²) in [4.78, 5) is 6.78. The summed E-state index contributed by atoms with van der Waals surface area (Å²) < 4.78 is 0. The molecule has 0 radical (unpaired) electrons. The summed E-state index contributed by atoms with van der Waals surface area (Å²) >= 11 is 0. The lowest BCUT2D eigenvalue weighted by Crippen LogP contribution is -2.09. The molecule has 2 heteroatoms. The molecule has 0 N–H and O–H groups in total. The molecular weight excluding hydrogens is 316 g/mol. The van der Waals surface area contributed by atoms with Gasteiger partial charge >= 0.3 is 0 Å². The van der Waals surface area contributed by atoms with Gasteiger partial charge in [-0.25, -0.2) is 0 Å². The Kier molecular flexibility index (Phi) is 4.48. The van der Waals surface area contributed by atoms with E-state index in [2.05, 4.69) is 102 Å². The molecule has 0 aliphatic rings. The lowest BCUT2D eigenvalue weighted by molar-refractivity contribution is 1.26. The zero-order valence-corrected chi connectivity index (χ0v) is 14.7. The first kappa shape index (κ1) is 16.1. The second-order valence-corrected chi connectivity index (χ2v) is 6.27. The Bertz CT molecular complexity index is 921. The van der Waals surface area contributed by atoms with Crippen molar-refractivity contribution in [1.82, 2.24) is 4.98 Å². The Labute approximate surface area is 154 Å². The average Bonchev–Trinajstić information content (AvgIpc) is 2.71.